The Balaban J connectivity index is 1.96. The van der Waals surface area contributed by atoms with Crippen LogP contribution in [0.4, 0.5) is 4.79 Å². The molecule has 22 heavy (non-hydrogen) atoms. The van der Waals surface area contributed by atoms with E-state index in [9.17, 15) is 4.79 Å². The number of aryl methyl sites for hydroxylation is 1. The summed E-state index contributed by atoms with van der Waals surface area (Å²) in [5, 5.41) is 12.3. The second-order valence-electron chi connectivity index (χ2n) is 6.12. The summed E-state index contributed by atoms with van der Waals surface area (Å²) in [7, 11) is 0. The lowest BCUT2D eigenvalue weighted by Gasteiger charge is -2.36. The minimum absolute atomic E-state index is 0.00453. The maximum atomic E-state index is 12.5. The number of nitrogens with zero attached hydrogens (tertiary/aromatic N) is 1. The lowest BCUT2D eigenvalue weighted by Crippen LogP contribution is -2.49. The third-order valence-electron chi connectivity index (χ3n) is 4.58. The van der Waals surface area contributed by atoms with Crippen molar-refractivity contribution < 1.29 is 9.90 Å². The van der Waals surface area contributed by atoms with Crippen molar-refractivity contribution in [2.24, 2.45) is 0 Å². The van der Waals surface area contributed by atoms with Crippen molar-refractivity contribution in [3.8, 4) is 0 Å². The molecule has 0 saturated carbocycles. The van der Waals surface area contributed by atoms with Crippen LogP contribution in [0, 0.1) is 0 Å². The number of rotatable bonds is 5. The zero-order valence-corrected chi connectivity index (χ0v) is 13.7. The molecule has 0 radical (unpaired) electrons. The van der Waals surface area contributed by atoms with Crippen LogP contribution in [-0.2, 0) is 6.42 Å². The Bertz CT molecular complexity index is 470. The van der Waals surface area contributed by atoms with Crippen LogP contribution < -0.4 is 5.32 Å². The minimum Gasteiger partial charge on any atom is -0.396 e. The molecule has 0 spiro atoms. The van der Waals surface area contributed by atoms with Gasteiger partial charge in [-0.15, -0.1) is 0 Å². The van der Waals surface area contributed by atoms with Crippen LogP contribution in [0.2, 0.25) is 0 Å². The first-order valence-electron chi connectivity index (χ1n) is 8.42. The van der Waals surface area contributed by atoms with Crippen LogP contribution in [0.1, 0.15) is 56.7 Å². The van der Waals surface area contributed by atoms with Gasteiger partial charge in [-0.25, -0.2) is 4.79 Å². The number of carbonyl (C=O) groups is 1. The second-order valence-corrected chi connectivity index (χ2v) is 6.12. The molecule has 2 unspecified atom stereocenters. The van der Waals surface area contributed by atoms with E-state index in [0.717, 1.165) is 37.8 Å². The highest BCUT2D eigenvalue weighted by Gasteiger charge is 2.27. The van der Waals surface area contributed by atoms with Crippen molar-refractivity contribution in [1.29, 1.82) is 0 Å². The standard InChI is InChI=1S/C18H28N2O2/c1-3-15-7-9-16(10-8-15)14(2)19-18(22)20-12-5-4-6-17(20)11-13-21/h7-10,14,17,21H,3-6,11-13H2,1-2H3,(H,19,22). The molecule has 4 nitrogen and oxygen atoms in total. The Morgan fingerprint density at radius 2 is 2.09 bits per heavy atom. The molecule has 1 saturated heterocycles. The number of amides is 2. The highest BCUT2D eigenvalue weighted by atomic mass is 16.3. The quantitative estimate of drug-likeness (QED) is 0.877. The van der Waals surface area contributed by atoms with E-state index in [1.165, 1.54) is 5.56 Å². The largest absolute Gasteiger partial charge is 0.396 e. The molecule has 2 amide bonds. The maximum Gasteiger partial charge on any atom is 0.318 e. The number of nitrogens with one attached hydrogen (secondary N) is 1. The van der Waals surface area contributed by atoms with E-state index in [2.05, 4.69) is 36.5 Å². The van der Waals surface area contributed by atoms with Gasteiger partial charge in [-0.05, 0) is 50.2 Å². The Morgan fingerprint density at radius 3 is 2.73 bits per heavy atom. The van der Waals surface area contributed by atoms with Gasteiger partial charge in [-0.1, -0.05) is 31.2 Å². The number of benzene rings is 1. The number of aliphatic hydroxyl groups is 1. The lowest BCUT2D eigenvalue weighted by molar-refractivity contribution is 0.130. The Labute approximate surface area is 133 Å². The van der Waals surface area contributed by atoms with Crippen molar-refractivity contribution in [3.63, 3.8) is 0 Å². The zero-order valence-electron chi connectivity index (χ0n) is 13.7. The Hall–Kier alpha value is -1.55. The van der Waals surface area contributed by atoms with Gasteiger partial charge in [0.25, 0.3) is 0 Å². The van der Waals surface area contributed by atoms with E-state index < -0.39 is 0 Å². The molecule has 0 aliphatic carbocycles. The van der Waals surface area contributed by atoms with Crippen LogP contribution in [0.5, 0.6) is 0 Å². The van der Waals surface area contributed by atoms with E-state index in [0.29, 0.717) is 6.42 Å². The van der Waals surface area contributed by atoms with Crippen LogP contribution in [0.15, 0.2) is 24.3 Å². The van der Waals surface area contributed by atoms with Gasteiger partial charge in [-0.2, -0.15) is 0 Å². The summed E-state index contributed by atoms with van der Waals surface area (Å²) in [5.74, 6) is 0. The summed E-state index contributed by atoms with van der Waals surface area (Å²) in [6.07, 6.45) is 4.88. The third-order valence-corrected chi connectivity index (χ3v) is 4.58. The first-order chi connectivity index (χ1) is 10.7. The number of hydrogen-bond donors (Lipinski definition) is 2. The molecular formula is C18H28N2O2. The van der Waals surface area contributed by atoms with E-state index in [4.69, 9.17) is 5.11 Å². The molecule has 1 fully saturated rings. The first-order valence-corrected chi connectivity index (χ1v) is 8.42. The van der Waals surface area contributed by atoms with Gasteiger partial charge in [0.15, 0.2) is 0 Å². The van der Waals surface area contributed by atoms with E-state index in [-0.39, 0.29) is 24.7 Å². The zero-order chi connectivity index (χ0) is 15.9. The van der Waals surface area contributed by atoms with E-state index in [1.54, 1.807) is 0 Å². The molecule has 1 heterocycles. The SMILES string of the molecule is CCc1ccc(C(C)NC(=O)N2CCCCC2CCO)cc1. The topological polar surface area (TPSA) is 52.6 Å². The average molecular weight is 304 g/mol. The fourth-order valence-corrected chi connectivity index (χ4v) is 3.11. The van der Waals surface area contributed by atoms with Gasteiger partial charge >= 0.3 is 6.03 Å². The highest BCUT2D eigenvalue weighted by molar-refractivity contribution is 5.75. The fraction of sp³-hybridized carbons (Fsp3) is 0.611. The van der Waals surface area contributed by atoms with Gasteiger partial charge < -0.3 is 15.3 Å². The Kier molecular flexibility index (Phi) is 6.25. The lowest BCUT2D eigenvalue weighted by atomic mass is 10.00. The first kappa shape index (κ1) is 16.8. The van der Waals surface area contributed by atoms with Crippen LogP contribution in [-0.4, -0.2) is 35.2 Å². The molecule has 1 aliphatic rings. The van der Waals surface area contributed by atoms with E-state index in [1.807, 2.05) is 11.8 Å². The summed E-state index contributed by atoms with van der Waals surface area (Å²) in [4.78, 5) is 14.4. The number of carbonyl (C=O) groups excluding carboxylic acids is 1. The molecule has 2 N–H and O–H groups in total. The van der Waals surface area contributed by atoms with Crippen molar-refractivity contribution >= 4 is 6.03 Å². The van der Waals surface area contributed by atoms with Crippen molar-refractivity contribution in [1.82, 2.24) is 10.2 Å². The maximum absolute atomic E-state index is 12.5. The van der Waals surface area contributed by atoms with Crippen molar-refractivity contribution in [3.05, 3.63) is 35.4 Å². The van der Waals surface area contributed by atoms with E-state index >= 15 is 0 Å². The summed E-state index contributed by atoms with van der Waals surface area (Å²) < 4.78 is 0. The summed E-state index contributed by atoms with van der Waals surface area (Å²) in [5.41, 5.74) is 2.43. The van der Waals surface area contributed by atoms with Crippen LogP contribution >= 0.6 is 0 Å². The second kappa shape index (κ2) is 8.18. The molecule has 1 aliphatic heterocycles. The van der Waals surface area contributed by atoms with Gasteiger partial charge in [0.1, 0.15) is 0 Å². The molecule has 2 rings (SSSR count). The Morgan fingerprint density at radius 1 is 1.36 bits per heavy atom. The average Bonchev–Trinajstić information content (AvgIpc) is 2.55. The predicted molar refractivity (Wildman–Crippen MR) is 88.8 cm³/mol. The smallest absolute Gasteiger partial charge is 0.318 e. The summed E-state index contributed by atoms with van der Waals surface area (Å²) >= 11 is 0. The third kappa shape index (κ3) is 4.23. The highest BCUT2D eigenvalue weighted by Crippen LogP contribution is 2.21. The molecule has 2 atom stereocenters. The molecule has 122 valence electrons. The molecule has 1 aromatic carbocycles. The summed E-state index contributed by atoms with van der Waals surface area (Å²) in [6, 6.07) is 8.57. The van der Waals surface area contributed by atoms with Gasteiger partial charge in [0, 0.05) is 19.2 Å². The molecule has 4 heteroatoms. The minimum atomic E-state index is -0.00906. The monoisotopic (exact) mass is 304 g/mol. The van der Waals surface area contributed by atoms with Gasteiger partial charge in [0.2, 0.25) is 0 Å². The predicted octanol–water partition coefficient (Wildman–Crippen LogP) is 3.26. The van der Waals surface area contributed by atoms with Gasteiger partial charge in [-0.3, -0.25) is 0 Å². The molecule has 0 aromatic heterocycles. The number of aliphatic hydroxyl groups excluding tert-OH is 1. The summed E-state index contributed by atoms with van der Waals surface area (Å²) in [6.45, 7) is 5.09. The normalized spacial score (nSPS) is 19.8. The molecule has 0 bridgehead atoms. The fourth-order valence-electron chi connectivity index (χ4n) is 3.11. The van der Waals surface area contributed by atoms with Crippen molar-refractivity contribution in [2.75, 3.05) is 13.2 Å². The number of hydrogen-bond acceptors (Lipinski definition) is 2. The molecular weight excluding hydrogens is 276 g/mol. The van der Waals surface area contributed by atoms with Crippen molar-refractivity contribution in [2.45, 2.75) is 58.0 Å². The van der Waals surface area contributed by atoms with Crippen LogP contribution in [0.3, 0.4) is 0 Å². The van der Waals surface area contributed by atoms with Crippen LogP contribution in [0.25, 0.3) is 0 Å². The molecule has 1 aromatic rings. The number of urea groups is 1. The van der Waals surface area contributed by atoms with Gasteiger partial charge in [0.05, 0.1) is 6.04 Å². The number of likely N-dealkylation sites (tertiary alicyclic amines) is 1. The number of piperidine rings is 1.